The molecule has 1 heterocycles. The summed E-state index contributed by atoms with van der Waals surface area (Å²) in [7, 11) is 8.04. The molecule has 0 aliphatic heterocycles. The van der Waals surface area contributed by atoms with Gasteiger partial charge in [-0.15, -0.1) is 0 Å². The molecule has 34 heavy (non-hydrogen) atoms. The molecule has 176 valence electrons. The monoisotopic (exact) mass is 458 g/mol. The molecule has 3 aromatic carbocycles. The van der Waals surface area contributed by atoms with Gasteiger partial charge in [0.15, 0.2) is 0 Å². The molecule has 0 saturated heterocycles. The zero-order valence-electron chi connectivity index (χ0n) is 20.0. The number of hydrogen-bond acceptors (Lipinski definition) is 6. The maximum atomic E-state index is 6.16. The van der Waals surface area contributed by atoms with Crippen LogP contribution in [-0.4, -0.2) is 28.2 Å². The molecule has 0 saturated carbocycles. The van der Waals surface area contributed by atoms with Crippen molar-refractivity contribution in [3.05, 3.63) is 96.4 Å². The highest BCUT2D eigenvalue weighted by molar-refractivity contribution is 5.50. The Morgan fingerprint density at radius 3 is 1.59 bits per heavy atom. The number of rotatable bonds is 10. The summed E-state index contributed by atoms with van der Waals surface area (Å²) in [6.45, 7) is 0.791. The second kappa shape index (κ2) is 10.8. The minimum Gasteiger partial charge on any atom is -0.467 e. The summed E-state index contributed by atoms with van der Waals surface area (Å²) < 4.78 is 23.5. The lowest BCUT2D eigenvalue weighted by Crippen LogP contribution is -2.07. The Kier molecular flexibility index (Phi) is 7.40. The van der Waals surface area contributed by atoms with Gasteiger partial charge in [-0.2, -0.15) is 0 Å². The van der Waals surface area contributed by atoms with E-state index in [0.29, 0.717) is 24.7 Å². The summed E-state index contributed by atoms with van der Waals surface area (Å²) >= 11 is 0. The van der Waals surface area contributed by atoms with Crippen molar-refractivity contribution in [2.75, 3.05) is 38.0 Å². The van der Waals surface area contributed by atoms with Crippen molar-refractivity contribution in [2.24, 2.45) is 0 Å². The lowest BCUT2D eigenvalue weighted by molar-refractivity contribution is 0.0927. The Balaban J connectivity index is 1.53. The van der Waals surface area contributed by atoms with Gasteiger partial charge in [0.2, 0.25) is 0 Å². The summed E-state index contributed by atoms with van der Waals surface area (Å²) in [5.74, 6) is 3.64. The molecule has 0 aliphatic carbocycles. The number of ether oxygens (including phenoxy) is 3. The molecule has 4 aromatic rings. The van der Waals surface area contributed by atoms with E-state index in [1.54, 1.807) is 6.26 Å². The molecule has 0 radical (unpaired) electrons. The van der Waals surface area contributed by atoms with Crippen molar-refractivity contribution in [3.8, 4) is 23.0 Å². The summed E-state index contributed by atoms with van der Waals surface area (Å²) in [4.78, 5) is 4.10. The fourth-order valence-corrected chi connectivity index (χ4v) is 3.39. The van der Waals surface area contributed by atoms with Gasteiger partial charge >= 0.3 is 0 Å². The van der Waals surface area contributed by atoms with Gasteiger partial charge in [0, 0.05) is 45.6 Å². The van der Waals surface area contributed by atoms with Crippen molar-refractivity contribution in [3.63, 3.8) is 0 Å². The number of hydrogen-bond donors (Lipinski definition) is 0. The van der Waals surface area contributed by atoms with Crippen LogP contribution in [0.2, 0.25) is 0 Å². The fourth-order valence-electron chi connectivity index (χ4n) is 3.39. The molecule has 0 amide bonds. The van der Waals surface area contributed by atoms with E-state index in [1.165, 1.54) is 0 Å². The van der Waals surface area contributed by atoms with Crippen LogP contribution in [0, 0.1) is 0 Å². The van der Waals surface area contributed by atoms with Crippen molar-refractivity contribution < 1.29 is 18.6 Å². The lowest BCUT2D eigenvalue weighted by Gasteiger charge is -2.15. The van der Waals surface area contributed by atoms with Gasteiger partial charge in [0.05, 0.1) is 12.9 Å². The normalized spacial score (nSPS) is 10.7. The van der Waals surface area contributed by atoms with Crippen molar-refractivity contribution in [1.82, 2.24) is 0 Å². The molecule has 0 aliphatic rings. The maximum absolute atomic E-state index is 6.16. The van der Waals surface area contributed by atoms with Gasteiger partial charge in [-0.3, -0.25) is 0 Å². The van der Waals surface area contributed by atoms with Crippen LogP contribution in [0.15, 0.2) is 89.5 Å². The molecule has 4 rings (SSSR count). The standard InChI is InChI=1S/C28H30N2O4/c1-29(2)22-7-11-24(12-8-22)33-27-16-21(19-31-20-26-6-5-15-32-26)17-28(18-27)34-25-13-9-23(10-14-25)30(3)4/h5-18H,19-20H2,1-4H3. The highest BCUT2D eigenvalue weighted by atomic mass is 16.5. The average molecular weight is 459 g/mol. The topological polar surface area (TPSA) is 47.3 Å². The van der Waals surface area contributed by atoms with Crippen LogP contribution in [0.25, 0.3) is 0 Å². The molecular formula is C28H30N2O4. The molecule has 6 nitrogen and oxygen atoms in total. The Hall–Kier alpha value is -3.90. The molecule has 0 atom stereocenters. The second-order valence-electron chi connectivity index (χ2n) is 8.37. The van der Waals surface area contributed by atoms with Crippen LogP contribution >= 0.6 is 0 Å². The Morgan fingerprint density at radius 1 is 0.618 bits per heavy atom. The number of anilines is 2. The zero-order valence-corrected chi connectivity index (χ0v) is 20.0. The molecule has 0 unspecified atom stereocenters. The SMILES string of the molecule is CN(C)c1ccc(Oc2cc(COCc3ccco3)cc(Oc3ccc(N(C)C)cc3)c2)cc1. The molecular weight excluding hydrogens is 428 g/mol. The first kappa shape index (κ1) is 23.3. The van der Waals surface area contributed by atoms with Gasteiger partial charge in [-0.1, -0.05) is 0 Å². The summed E-state index contributed by atoms with van der Waals surface area (Å²) in [5.41, 5.74) is 3.16. The van der Waals surface area contributed by atoms with E-state index in [0.717, 1.165) is 34.2 Å². The molecule has 1 aromatic heterocycles. The molecule has 0 N–H and O–H groups in total. The average Bonchev–Trinajstić information content (AvgIpc) is 3.33. The predicted molar refractivity (Wildman–Crippen MR) is 135 cm³/mol. The van der Waals surface area contributed by atoms with Crippen LogP contribution in [0.5, 0.6) is 23.0 Å². The molecule has 0 bridgehead atoms. The quantitative estimate of drug-likeness (QED) is 0.263. The van der Waals surface area contributed by atoms with Gasteiger partial charge < -0.3 is 28.4 Å². The first-order valence-corrected chi connectivity index (χ1v) is 11.1. The predicted octanol–water partition coefficient (Wildman–Crippen LogP) is 6.71. The Bertz CT molecular complexity index is 1100. The first-order valence-electron chi connectivity index (χ1n) is 11.1. The van der Waals surface area contributed by atoms with E-state index in [4.69, 9.17) is 18.6 Å². The minimum absolute atomic E-state index is 0.395. The molecule has 0 spiro atoms. The molecule has 0 fully saturated rings. The number of benzene rings is 3. The Morgan fingerprint density at radius 2 is 1.15 bits per heavy atom. The largest absolute Gasteiger partial charge is 0.467 e. The summed E-state index contributed by atoms with van der Waals surface area (Å²) in [5, 5.41) is 0. The molecule has 6 heteroatoms. The summed E-state index contributed by atoms with van der Waals surface area (Å²) in [6.07, 6.45) is 1.64. The lowest BCUT2D eigenvalue weighted by atomic mass is 10.2. The van der Waals surface area contributed by atoms with Gasteiger partial charge in [0.25, 0.3) is 0 Å². The van der Waals surface area contributed by atoms with Gasteiger partial charge in [-0.25, -0.2) is 0 Å². The van der Waals surface area contributed by atoms with Crippen molar-refractivity contribution >= 4 is 11.4 Å². The van der Waals surface area contributed by atoms with E-state index in [-0.39, 0.29) is 0 Å². The third kappa shape index (κ3) is 6.33. The van der Waals surface area contributed by atoms with E-state index in [9.17, 15) is 0 Å². The zero-order chi connectivity index (χ0) is 23.9. The highest BCUT2D eigenvalue weighted by Gasteiger charge is 2.08. The van der Waals surface area contributed by atoms with Gasteiger partial charge in [0.1, 0.15) is 35.4 Å². The third-order valence-corrected chi connectivity index (χ3v) is 5.21. The van der Waals surface area contributed by atoms with Crippen LogP contribution in [0.4, 0.5) is 11.4 Å². The van der Waals surface area contributed by atoms with Crippen LogP contribution in [0.1, 0.15) is 11.3 Å². The smallest absolute Gasteiger partial charge is 0.131 e. The third-order valence-electron chi connectivity index (χ3n) is 5.21. The van der Waals surface area contributed by atoms with E-state index in [1.807, 2.05) is 117 Å². The van der Waals surface area contributed by atoms with Gasteiger partial charge in [-0.05, 0) is 78.4 Å². The van der Waals surface area contributed by atoms with E-state index in [2.05, 4.69) is 0 Å². The second-order valence-corrected chi connectivity index (χ2v) is 8.37. The first-order chi connectivity index (χ1) is 16.5. The van der Waals surface area contributed by atoms with E-state index >= 15 is 0 Å². The van der Waals surface area contributed by atoms with Crippen molar-refractivity contribution in [2.45, 2.75) is 13.2 Å². The minimum atomic E-state index is 0.395. The highest BCUT2D eigenvalue weighted by Crippen LogP contribution is 2.32. The summed E-state index contributed by atoms with van der Waals surface area (Å²) in [6, 6.07) is 25.5. The number of nitrogens with zero attached hydrogens (tertiary/aromatic N) is 2. The van der Waals surface area contributed by atoms with Crippen LogP contribution < -0.4 is 19.3 Å². The van der Waals surface area contributed by atoms with Crippen LogP contribution in [-0.2, 0) is 18.0 Å². The van der Waals surface area contributed by atoms with E-state index < -0.39 is 0 Å². The number of furan rings is 1. The maximum Gasteiger partial charge on any atom is 0.131 e. The van der Waals surface area contributed by atoms with Crippen molar-refractivity contribution in [1.29, 1.82) is 0 Å². The van der Waals surface area contributed by atoms with Crippen LogP contribution in [0.3, 0.4) is 0 Å². The fraction of sp³-hybridized carbons (Fsp3) is 0.214. The Labute approximate surface area is 200 Å².